The molecule has 2 amide bonds. The zero-order valence-electron chi connectivity index (χ0n) is 19.0. The van der Waals surface area contributed by atoms with Gasteiger partial charge in [0.15, 0.2) is 16.7 Å². The maximum Gasteiger partial charge on any atom is 0.387 e. The van der Waals surface area contributed by atoms with Crippen LogP contribution in [-0.2, 0) is 9.59 Å². The number of hydrogen-bond acceptors (Lipinski definition) is 7. The van der Waals surface area contributed by atoms with Gasteiger partial charge in [0, 0.05) is 19.2 Å². The molecule has 0 radical (unpaired) electrons. The molecule has 1 saturated heterocycles. The molecular formula is C23H24F2N4O4S. The number of nitrogens with one attached hydrogen (secondary N) is 1. The summed E-state index contributed by atoms with van der Waals surface area (Å²) in [6, 6.07) is 9.98. The molecule has 0 bridgehead atoms. The number of para-hydroxylation sites is 1. The molecule has 180 valence electrons. The first-order valence-corrected chi connectivity index (χ1v) is 11.1. The zero-order valence-corrected chi connectivity index (χ0v) is 19.9. The molecule has 1 atom stereocenters. The van der Waals surface area contributed by atoms with Crippen molar-refractivity contribution in [3.05, 3.63) is 53.1 Å². The number of carbonyl (C=O) groups is 2. The number of benzene rings is 2. The van der Waals surface area contributed by atoms with Crippen LogP contribution in [0.4, 0.5) is 14.5 Å². The molecule has 34 heavy (non-hydrogen) atoms. The van der Waals surface area contributed by atoms with Gasteiger partial charge in [-0.25, -0.2) is 0 Å². The Morgan fingerprint density at radius 1 is 1.24 bits per heavy atom. The summed E-state index contributed by atoms with van der Waals surface area (Å²) in [4.78, 5) is 29.6. The molecule has 1 aliphatic rings. The van der Waals surface area contributed by atoms with Gasteiger partial charge in [0.2, 0.25) is 5.91 Å². The van der Waals surface area contributed by atoms with Crippen molar-refractivity contribution in [2.75, 3.05) is 19.5 Å². The van der Waals surface area contributed by atoms with Gasteiger partial charge in [0.05, 0.1) is 13.3 Å². The molecule has 1 N–H and O–H groups in total. The van der Waals surface area contributed by atoms with Gasteiger partial charge >= 0.3 is 6.61 Å². The number of amides is 2. The lowest BCUT2D eigenvalue weighted by atomic mass is 10.1. The van der Waals surface area contributed by atoms with E-state index in [1.165, 1.54) is 38.6 Å². The van der Waals surface area contributed by atoms with Crippen molar-refractivity contribution in [2.45, 2.75) is 32.1 Å². The second-order valence-corrected chi connectivity index (χ2v) is 8.49. The summed E-state index contributed by atoms with van der Waals surface area (Å²) < 4.78 is 34.5. The van der Waals surface area contributed by atoms with E-state index in [1.807, 2.05) is 32.0 Å². The van der Waals surface area contributed by atoms with E-state index in [2.05, 4.69) is 20.1 Å². The molecule has 1 heterocycles. The minimum atomic E-state index is -2.99. The summed E-state index contributed by atoms with van der Waals surface area (Å²) in [7, 11) is 2.85. The predicted molar refractivity (Wildman–Crippen MR) is 128 cm³/mol. The fourth-order valence-electron chi connectivity index (χ4n) is 3.29. The fraction of sp³-hybridized carbons (Fsp3) is 0.304. The third-order valence-electron chi connectivity index (χ3n) is 4.95. The SMILES string of the molecule is CN=C1SC(CC(=O)Nc2c(C)cccc2C)C(=O)N1/N=C/c1ccc(OC(F)F)c(OC)c1. The molecular weight excluding hydrogens is 466 g/mol. The highest BCUT2D eigenvalue weighted by molar-refractivity contribution is 8.15. The second kappa shape index (κ2) is 11.1. The first-order chi connectivity index (χ1) is 16.2. The number of ether oxygens (including phenoxy) is 2. The largest absolute Gasteiger partial charge is 0.493 e. The maximum absolute atomic E-state index is 12.9. The smallest absolute Gasteiger partial charge is 0.387 e. The zero-order chi connectivity index (χ0) is 24.8. The number of aryl methyl sites for hydroxylation is 2. The Hall–Kier alpha value is -3.47. The Morgan fingerprint density at radius 3 is 2.56 bits per heavy atom. The summed E-state index contributed by atoms with van der Waals surface area (Å²) in [5.41, 5.74) is 3.08. The van der Waals surface area contributed by atoms with Crippen LogP contribution in [-0.4, -0.2) is 54.2 Å². The van der Waals surface area contributed by atoms with Crippen LogP contribution in [0.15, 0.2) is 46.5 Å². The number of carbonyl (C=O) groups excluding carboxylic acids is 2. The standard InChI is InChI=1S/C23H24F2N4O4S/c1-13-6-5-7-14(2)20(13)28-19(30)11-18-21(31)29(23(26-3)34-18)27-12-15-8-9-16(33-22(24)25)17(10-15)32-4/h5-10,12,18,22H,11H2,1-4H3,(H,28,30)/b26-23?,27-12+. The lowest BCUT2D eigenvalue weighted by Crippen LogP contribution is -2.30. The minimum absolute atomic E-state index is 0.0458. The highest BCUT2D eigenvalue weighted by Crippen LogP contribution is 2.32. The molecule has 0 aromatic heterocycles. The van der Waals surface area contributed by atoms with Crippen LogP contribution in [0.1, 0.15) is 23.1 Å². The van der Waals surface area contributed by atoms with E-state index in [0.717, 1.165) is 33.6 Å². The van der Waals surface area contributed by atoms with E-state index in [0.29, 0.717) is 10.7 Å². The third kappa shape index (κ3) is 5.90. The van der Waals surface area contributed by atoms with Crippen LogP contribution in [0.3, 0.4) is 0 Å². The van der Waals surface area contributed by atoms with E-state index in [-0.39, 0.29) is 29.7 Å². The van der Waals surface area contributed by atoms with Crippen molar-refractivity contribution in [3.8, 4) is 11.5 Å². The van der Waals surface area contributed by atoms with Crippen LogP contribution in [0, 0.1) is 13.8 Å². The average Bonchev–Trinajstić information content (AvgIpc) is 3.09. The van der Waals surface area contributed by atoms with Crippen LogP contribution < -0.4 is 14.8 Å². The molecule has 1 aliphatic heterocycles. The molecule has 1 fully saturated rings. The number of alkyl halides is 2. The summed E-state index contributed by atoms with van der Waals surface area (Å²) in [6.45, 7) is 0.814. The lowest BCUT2D eigenvalue weighted by Gasteiger charge is -2.13. The molecule has 1 unspecified atom stereocenters. The van der Waals surface area contributed by atoms with Crippen molar-refractivity contribution in [3.63, 3.8) is 0 Å². The Morgan fingerprint density at radius 2 is 1.94 bits per heavy atom. The number of hydrazone groups is 1. The van der Waals surface area contributed by atoms with Crippen LogP contribution in [0.2, 0.25) is 0 Å². The van der Waals surface area contributed by atoms with Crippen molar-refractivity contribution < 1.29 is 27.8 Å². The topological polar surface area (TPSA) is 92.6 Å². The van der Waals surface area contributed by atoms with Gasteiger partial charge in [-0.05, 0) is 48.7 Å². The number of rotatable bonds is 8. The van der Waals surface area contributed by atoms with Crippen molar-refractivity contribution >= 4 is 40.6 Å². The van der Waals surface area contributed by atoms with Crippen LogP contribution in [0.25, 0.3) is 0 Å². The van der Waals surface area contributed by atoms with Gasteiger partial charge in [-0.3, -0.25) is 14.6 Å². The Balaban J connectivity index is 1.71. The highest BCUT2D eigenvalue weighted by Gasteiger charge is 2.39. The third-order valence-corrected chi connectivity index (χ3v) is 6.17. The Kier molecular flexibility index (Phi) is 8.21. The van der Waals surface area contributed by atoms with Crippen LogP contribution in [0.5, 0.6) is 11.5 Å². The first kappa shape index (κ1) is 25.2. The molecule has 2 aromatic rings. The van der Waals surface area contributed by atoms with Gasteiger partial charge < -0.3 is 14.8 Å². The predicted octanol–water partition coefficient (Wildman–Crippen LogP) is 4.21. The van der Waals surface area contributed by atoms with Crippen LogP contribution >= 0.6 is 11.8 Å². The minimum Gasteiger partial charge on any atom is -0.493 e. The number of anilines is 1. The lowest BCUT2D eigenvalue weighted by molar-refractivity contribution is -0.128. The van der Waals surface area contributed by atoms with Crippen molar-refractivity contribution in [1.82, 2.24) is 5.01 Å². The number of thioether (sulfide) groups is 1. The summed E-state index contributed by atoms with van der Waals surface area (Å²) >= 11 is 1.15. The van der Waals surface area contributed by atoms with Gasteiger partial charge in [0.25, 0.3) is 5.91 Å². The Bertz CT molecular complexity index is 1120. The molecule has 0 aliphatic carbocycles. The van der Waals surface area contributed by atoms with Gasteiger partial charge in [-0.1, -0.05) is 30.0 Å². The number of halogens is 2. The first-order valence-electron chi connectivity index (χ1n) is 10.2. The molecule has 0 saturated carbocycles. The number of methoxy groups -OCH3 is 1. The van der Waals surface area contributed by atoms with Gasteiger partial charge in [0.1, 0.15) is 5.25 Å². The number of aliphatic imine (C=N–C) groups is 1. The number of amidine groups is 1. The van der Waals surface area contributed by atoms with E-state index in [9.17, 15) is 18.4 Å². The molecule has 2 aromatic carbocycles. The summed E-state index contributed by atoms with van der Waals surface area (Å²) in [5, 5.41) is 7.86. The summed E-state index contributed by atoms with van der Waals surface area (Å²) in [6.07, 6.45) is 1.33. The number of hydrogen-bond donors (Lipinski definition) is 1. The Labute approximate surface area is 200 Å². The fourth-order valence-corrected chi connectivity index (χ4v) is 4.33. The van der Waals surface area contributed by atoms with Crippen molar-refractivity contribution in [1.29, 1.82) is 0 Å². The van der Waals surface area contributed by atoms with E-state index >= 15 is 0 Å². The van der Waals surface area contributed by atoms with Gasteiger partial charge in [-0.2, -0.15) is 18.9 Å². The average molecular weight is 491 g/mol. The highest BCUT2D eigenvalue weighted by atomic mass is 32.2. The maximum atomic E-state index is 12.9. The van der Waals surface area contributed by atoms with Crippen molar-refractivity contribution in [2.24, 2.45) is 10.1 Å². The summed E-state index contributed by atoms with van der Waals surface area (Å²) in [5.74, 6) is -0.697. The van der Waals surface area contributed by atoms with E-state index in [4.69, 9.17) is 4.74 Å². The molecule has 8 nitrogen and oxygen atoms in total. The van der Waals surface area contributed by atoms with Gasteiger partial charge in [-0.15, -0.1) is 0 Å². The molecule has 3 rings (SSSR count). The second-order valence-electron chi connectivity index (χ2n) is 7.32. The quantitative estimate of drug-likeness (QED) is 0.560. The van der Waals surface area contributed by atoms with E-state index in [1.54, 1.807) is 0 Å². The van der Waals surface area contributed by atoms with E-state index < -0.39 is 11.9 Å². The normalized spacial score (nSPS) is 17.1. The monoisotopic (exact) mass is 490 g/mol. The molecule has 11 heteroatoms. The molecule has 0 spiro atoms. The number of nitrogens with zero attached hydrogens (tertiary/aromatic N) is 3.